The van der Waals surface area contributed by atoms with E-state index in [1.807, 2.05) is 6.92 Å². The van der Waals surface area contributed by atoms with Gasteiger partial charge >= 0.3 is 0 Å². The van der Waals surface area contributed by atoms with Crippen molar-refractivity contribution < 1.29 is 9.50 Å². The number of aliphatic hydroxyl groups excluding tert-OH is 1. The maximum absolute atomic E-state index is 12.7. The molecule has 1 rings (SSSR count). The lowest BCUT2D eigenvalue weighted by Crippen LogP contribution is -2.15. The molecule has 1 unspecified atom stereocenters. The van der Waals surface area contributed by atoms with E-state index >= 15 is 0 Å². The Bertz CT molecular complexity index is 281. The number of rotatable bonds is 5. The number of nitrogens with one attached hydrogen (secondary N) is 1. The van der Waals surface area contributed by atoms with Gasteiger partial charge in [-0.25, -0.2) is 4.98 Å². The van der Waals surface area contributed by atoms with E-state index in [0.29, 0.717) is 0 Å². The molecule has 0 bridgehead atoms. The highest BCUT2D eigenvalue weighted by Crippen LogP contribution is 2.10. The van der Waals surface area contributed by atoms with Crippen LogP contribution in [0.1, 0.15) is 19.8 Å². The number of halogens is 1. The molecule has 14 heavy (non-hydrogen) atoms. The van der Waals surface area contributed by atoms with Gasteiger partial charge in [0, 0.05) is 30.6 Å². The fourth-order valence-electron chi connectivity index (χ4n) is 1.25. The molecule has 0 fully saturated rings. The van der Waals surface area contributed by atoms with Gasteiger partial charge in [-0.05, 0) is 25.8 Å². The molecule has 1 aromatic rings. The van der Waals surface area contributed by atoms with E-state index in [4.69, 9.17) is 5.11 Å². The number of hydrogen-bond acceptors (Lipinski definition) is 3. The van der Waals surface area contributed by atoms with Crippen LogP contribution in [0.3, 0.4) is 0 Å². The van der Waals surface area contributed by atoms with Crippen LogP contribution in [0.5, 0.6) is 0 Å². The normalized spacial score (nSPS) is 12.5. The molecular formula is C10H15FN2O. The molecule has 1 atom stereocenters. The topological polar surface area (TPSA) is 45.1 Å². The summed E-state index contributed by atoms with van der Waals surface area (Å²) in [6.07, 6.45) is 3.04. The second-order valence-electron chi connectivity index (χ2n) is 3.28. The first kappa shape index (κ1) is 10.9. The van der Waals surface area contributed by atoms with Gasteiger partial charge < -0.3 is 10.4 Å². The number of nitrogens with zero attached hydrogens (tertiary/aromatic N) is 1. The Morgan fingerprint density at radius 2 is 2.43 bits per heavy atom. The van der Waals surface area contributed by atoms with E-state index in [-0.39, 0.29) is 12.6 Å². The maximum atomic E-state index is 12.7. The van der Waals surface area contributed by atoms with Crippen LogP contribution in [-0.4, -0.2) is 22.7 Å². The molecule has 1 aromatic heterocycles. The average Bonchev–Trinajstić information content (AvgIpc) is 2.15. The molecule has 0 aliphatic rings. The van der Waals surface area contributed by atoms with Gasteiger partial charge in [-0.3, -0.25) is 0 Å². The summed E-state index contributed by atoms with van der Waals surface area (Å²) in [6, 6.07) is 3.30. The second-order valence-corrected chi connectivity index (χ2v) is 3.28. The van der Waals surface area contributed by atoms with Crippen molar-refractivity contribution in [1.29, 1.82) is 0 Å². The minimum absolute atomic E-state index is 0.191. The van der Waals surface area contributed by atoms with E-state index in [2.05, 4.69) is 10.3 Å². The van der Waals surface area contributed by atoms with Crippen molar-refractivity contribution in [3.63, 3.8) is 0 Å². The molecule has 0 aliphatic carbocycles. The van der Waals surface area contributed by atoms with Crippen molar-refractivity contribution in [3.8, 4) is 0 Å². The third-order valence-corrected chi connectivity index (χ3v) is 1.93. The zero-order valence-corrected chi connectivity index (χ0v) is 8.20. The van der Waals surface area contributed by atoms with E-state index in [1.54, 1.807) is 6.07 Å². The van der Waals surface area contributed by atoms with Crippen LogP contribution in [-0.2, 0) is 0 Å². The van der Waals surface area contributed by atoms with Gasteiger partial charge in [0.2, 0.25) is 5.95 Å². The third kappa shape index (κ3) is 3.70. The predicted molar refractivity (Wildman–Crippen MR) is 53.6 cm³/mol. The highest BCUT2D eigenvalue weighted by atomic mass is 19.1. The van der Waals surface area contributed by atoms with Crippen LogP contribution in [0.15, 0.2) is 18.3 Å². The lowest BCUT2D eigenvalue weighted by atomic mass is 10.2. The molecule has 0 amide bonds. The lowest BCUT2D eigenvalue weighted by Gasteiger charge is -2.14. The van der Waals surface area contributed by atoms with E-state index in [0.717, 1.165) is 18.5 Å². The maximum Gasteiger partial charge on any atom is 0.214 e. The smallest absolute Gasteiger partial charge is 0.214 e. The summed E-state index contributed by atoms with van der Waals surface area (Å²) in [5.41, 5.74) is 0.725. The van der Waals surface area contributed by atoms with Gasteiger partial charge in [-0.2, -0.15) is 4.39 Å². The van der Waals surface area contributed by atoms with Gasteiger partial charge in [0.1, 0.15) is 0 Å². The summed E-state index contributed by atoms with van der Waals surface area (Å²) in [6.45, 7) is 2.19. The molecule has 78 valence electrons. The molecule has 0 radical (unpaired) electrons. The molecule has 0 aliphatic heterocycles. The van der Waals surface area contributed by atoms with Gasteiger partial charge in [-0.15, -0.1) is 0 Å². The van der Waals surface area contributed by atoms with Crippen molar-refractivity contribution in [2.45, 2.75) is 25.8 Å². The van der Waals surface area contributed by atoms with Gasteiger partial charge in [-0.1, -0.05) is 0 Å². The van der Waals surface area contributed by atoms with Crippen LogP contribution < -0.4 is 5.32 Å². The SMILES string of the molecule is CC(CCCO)Nc1ccnc(F)c1. The summed E-state index contributed by atoms with van der Waals surface area (Å²) in [7, 11) is 0. The van der Waals surface area contributed by atoms with Crippen LogP contribution in [0.2, 0.25) is 0 Å². The zero-order valence-electron chi connectivity index (χ0n) is 8.20. The van der Waals surface area contributed by atoms with Crippen molar-refractivity contribution >= 4 is 5.69 Å². The Morgan fingerprint density at radius 3 is 3.07 bits per heavy atom. The Hall–Kier alpha value is -1.16. The monoisotopic (exact) mass is 198 g/mol. The van der Waals surface area contributed by atoms with Crippen molar-refractivity contribution in [3.05, 3.63) is 24.3 Å². The molecule has 0 aromatic carbocycles. The zero-order chi connectivity index (χ0) is 10.4. The Balaban J connectivity index is 2.43. The fraction of sp³-hybridized carbons (Fsp3) is 0.500. The third-order valence-electron chi connectivity index (χ3n) is 1.93. The quantitative estimate of drug-likeness (QED) is 0.709. The standard InChI is InChI=1S/C10H15FN2O/c1-8(3-2-6-14)13-9-4-5-12-10(11)7-9/h4-5,7-8,14H,2-3,6H2,1H3,(H,12,13). The second kappa shape index (κ2) is 5.54. The largest absolute Gasteiger partial charge is 0.396 e. The van der Waals surface area contributed by atoms with E-state index in [1.165, 1.54) is 12.3 Å². The molecular weight excluding hydrogens is 183 g/mol. The van der Waals surface area contributed by atoms with Crippen molar-refractivity contribution in [1.82, 2.24) is 4.98 Å². The predicted octanol–water partition coefficient (Wildman–Crippen LogP) is 1.79. The van der Waals surface area contributed by atoms with Crippen molar-refractivity contribution in [2.24, 2.45) is 0 Å². The fourth-order valence-corrected chi connectivity index (χ4v) is 1.25. The minimum atomic E-state index is -0.482. The molecule has 2 N–H and O–H groups in total. The Labute approximate surface area is 83.0 Å². The first-order valence-corrected chi connectivity index (χ1v) is 4.71. The molecule has 3 nitrogen and oxygen atoms in total. The van der Waals surface area contributed by atoms with Crippen LogP contribution in [0, 0.1) is 5.95 Å². The summed E-state index contributed by atoms with van der Waals surface area (Å²) >= 11 is 0. The summed E-state index contributed by atoms with van der Waals surface area (Å²) in [5.74, 6) is -0.482. The number of hydrogen-bond donors (Lipinski definition) is 2. The highest BCUT2D eigenvalue weighted by Gasteiger charge is 2.02. The number of anilines is 1. The summed E-state index contributed by atoms with van der Waals surface area (Å²) in [5, 5.41) is 11.8. The molecule has 1 heterocycles. The van der Waals surface area contributed by atoms with E-state index < -0.39 is 5.95 Å². The van der Waals surface area contributed by atoms with Gasteiger partial charge in [0.05, 0.1) is 0 Å². The molecule has 4 heteroatoms. The lowest BCUT2D eigenvalue weighted by molar-refractivity contribution is 0.282. The first-order valence-electron chi connectivity index (χ1n) is 4.71. The summed E-state index contributed by atoms with van der Waals surface area (Å²) < 4.78 is 12.7. The van der Waals surface area contributed by atoms with Crippen LogP contribution in [0.25, 0.3) is 0 Å². The molecule has 0 saturated heterocycles. The first-order chi connectivity index (χ1) is 6.72. The Morgan fingerprint density at radius 1 is 1.64 bits per heavy atom. The highest BCUT2D eigenvalue weighted by molar-refractivity contribution is 5.41. The van der Waals surface area contributed by atoms with Gasteiger partial charge in [0.15, 0.2) is 0 Å². The average molecular weight is 198 g/mol. The molecule has 0 spiro atoms. The Kier molecular flexibility index (Phi) is 4.32. The van der Waals surface area contributed by atoms with E-state index in [9.17, 15) is 4.39 Å². The number of aliphatic hydroxyl groups is 1. The van der Waals surface area contributed by atoms with Crippen molar-refractivity contribution in [2.75, 3.05) is 11.9 Å². The minimum Gasteiger partial charge on any atom is -0.396 e. The van der Waals surface area contributed by atoms with Crippen LogP contribution in [0.4, 0.5) is 10.1 Å². The number of pyridine rings is 1. The van der Waals surface area contributed by atoms with Gasteiger partial charge in [0.25, 0.3) is 0 Å². The van der Waals surface area contributed by atoms with Crippen LogP contribution >= 0.6 is 0 Å². The molecule has 0 saturated carbocycles. The summed E-state index contributed by atoms with van der Waals surface area (Å²) in [4.78, 5) is 3.46. The number of aromatic nitrogens is 1.